The maximum absolute atomic E-state index is 11.8. The van der Waals surface area contributed by atoms with Crippen molar-refractivity contribution in [2.45, 2.75) is 173 Å². The highest BCUT2D eigenvalue weighted by Gasteiger charge is 2.05. The van der Waals surface area contributed by atoms with Gasteiger partial charge in [0.05, 0.1) is 0 Å². The number of thiol groups is 1. The van der Waals surface area contributed by atoms with Crippen LogP contribution in [-0.4, -0.2) is 41.9 Å². The van der Waals surface area contributed by atoms with E-state index >= 15 is 0 Å². The van der Waals surface area contributed by atoms with Crippen LogP contribution in [0.25, 0.3) is 0 Å². The molecule has 0 heterocycles. The molecule has 0 spiro atoms. The Kier molecular flexibility index (Phi) is 38.3. The summed E-state index contributed by atoms with van der Waals surface area (Å²) < 4.78 is 15.9. The van der Waals surface area contributed by atoms with E-state index in [1.54, 1.807) is 14.2 Å². The molecular formula is C31H62O5SSi. The van der Waals surface area contributed by atoms with Gasteiger partial charge < -0.3 is 13.9 Å². The van der Waals surface area contributed by atoms with Crippen molar-refractivity contribution in [2.75, 3.05) is 14.2 Å². The van der Waals surface area contributed by atoms with Crippen LogP contribution in [0.3, 0.4) is 0 Å². The van der Waals surface area contributed by atoms with Gasteiger partial charge in [-0.25, -0.2) is 0 Å². The van der Waals surface area contributed by atoms with Gasteiger partial charge in [-0.3, -0.25) is 9.59 Å². The second-order valence-corrected chi connectivity index (χ2v) is 11.5. The molecule has 0 N–H and O–H groups in total. The monoisotopic (exact) mass is 574 g/mol. The lowest BCUT2D eigenvalue weighted by Gasteiger charge is -2.12. The van der Waals surface area contributed by atoms with E-state index in [1.807, 2.05) is 0 Å². The molecule has 0 saturated carbocycles. The van der Waals surface area contributed by atoms with Crippen molar-refractivity contribution in [1.29, 1.82) is 0 Å². The summed E-state index contributed by atoms with van der Waals surface area (Å²) in [5, 5.41) is 0. The van der Waals surface area contributed by atoms with Crippen LogP contribution in [0.1, 0.15) is 161 Å². The number of rotatable bonds is 29. The molecule has 226 valence electrons. The number of hydrogen-bond donors (Lipinski definition) is 1. The highest BCUT2D eigenvalue weighted by Crippen LogP contribution is 2.15. The quantitative estimate of drug-likeness (QED) is 0.0317. The Balaban J connectivity index is 0. The highest BCUT2D eigenvalue weighted by atomic mass is 32.1. The van der Waals surface area contributed by atoms with E-state index < -0.39 is 0 Å². The molecule has 0 aromatic rings. The van der Waals surface area contributed by atoms with Gasteiger partial charge in [0.1, 0.15) is 0 Å². The van der Waals surface area contributed by atoms with Crippen molar-refractivity contribution >= 4 is 34.0 Å². The minimum absolute atomic E-state index is 0.0222. The zero-order chi connectivity index (χ0) is 28.4. The fraction of sp³-hybridized carbons (Fsp3) is 0.935. The number of hydrogen-bond acceptors (Lipinski definition) is 5. The summed E-state index contributed by atoms with van der Waals surface area (Å²) in [6, 6.07) is 1.06. The fourth-order valence-corrected chi connectivity index (χ4v) is 5.31. The molecule has 7 heteroatoms. The first-order valence-electron chi connectivity index (χ1n) is 15.7. The smallest absolute Gasteiger partial charge is 0.314 e. The number of unbranched alkanes of at least 4 members (excludes halogenated alkanes) is 20. The second-order valence-electron chi connectivity index (χ2n) is 10.3. The second kappa shape index (κ2) is 36.6. The lowest BCUT2D eigenvalue weighted by atomic mass is 10.0. The maximum Gasteiger partial charge on any atom is 0.314 e. The van der Waals surface area contributed by atoms with Gasteiger partial charge in [0.25, 0.3) is 5.97 Å². The maximum atomic E-state index is 11.8. The Morgan fingerprint density at radius 1 is 0.658 bits per heavy atom. The molecule has 2 radical (unpaired) electrons. The Hall–Kier alpha value is -0.373. The van der Waals surface area contributed by atoms with Gasteiger partial charge in [-0.05, 0) is 25.3 Å². The Morgan fingerprint density at radius 2 is 1.03 bits per heavy atom. The van der Waals surface area contributed by atoms with E-state index in [2.05, 4.69) is 19.6 Å². The first-order chi connectivity index (χ1) is 18.7. The van der Waals surface area contributed by atoms with Gasteiger partial charge in [0.15, 0.2) is 11.9 Å². The van der Waals surface area contributed by atoms with Crippen LogP contribution in [0.2, 0.25) is 6.04 Å². The average molecular weight is 575 g/mol. The van der Waals surface area contributed by atoms with Crippen molar-refractivity contribution in [3.8, 4) is 0 Å². The van der Waals surface area contributed by atoms with Crippen LogP contribution >= 0.6 is 12.6 Å². The molecule has 0 fully saturated rings. The minimum atomic E-state index is -0.0222. The summed E-state index contributed by atoms with van der Waals surface area (Å²) in [5.41, 5.74) is 0.444. The van der Waals surface area contributed by atoms with Crippen molar-refractivity contribution in [3.63, 3.8) is 0 Å². The molecule has 5 nitrogen and oxygen atoms in total. The summed E-state index contributed by atoms with van der Waals surface area (Å²) in [5.74, 6) is 0.0250. The van der Waals surface area contributed by atoms with E-state index in [9.17, 15) is 4.79 Å². The summed E-state index contributed by atoms with van der Waals surface area (Å²) >= 11 is 3.11. The van der Waals surface area contributed by atoms with Gasteiger partial charge in [-0.15, -0.1) is 12.6 Å². The number of carbonyl (C=O) groups excluding carboxylic acids is 2. The topological polar surface area (TPSA) is 61.8 Å². The molecule has 0 saturated heterocycles. The van der Waals surface area contributed by atoms with E-state index in [0.29, 0.717) is 21.8 Å². The molecule has 0 amide bonds. The third-order valence-electron chi connectivity index (χ3n) is 6.91. The van der Waals surface area contributed by atoms with Crippen molar-refractivity contribution < 1.29 is 23.5 Å². The van der Waals surface area contributed by atoms with E-state index in [1.165, 1.54) is 135 Å². The summed E-state index contributed by atoms with van der Waals surface area (Å²) in [7, 11) is 3.81. The van der Waals surface area contributed by atoms with E-state index in [0.717, 1.165) is 18.9 Å². The van der Waals surface area contributed by atoms with Crippen molar-refractivity contribution in [1.82, 2.24) is 0 Å². The van der Waals surface area contributed by atoms with Crippen LogP contribution in [0.15, 0.2) is 0 Å². The summed E-state index contributed by atoms with van der Waals surface area (Å²) in [6.07, 6.45) is 30.5. The standard InChI is InChI=1S/C30H60O4Si.CH2OS/c1-4-5-6-7-8-19-22-25-28-35-34-29(31)26-23-20-17-15-13-11-9-10-12-14-16-18-21-24-27-30(32-2)33-3;2-1-3/h30H,4-28H2,1-3H3;1H,(H,2,3). The third kappa shape index (κ3) is 35.6. The first-order valence-corrected chi connectivity index (χ1v) is 17.3. The fourth-order valence-electron chi connectivity index (χ4n) is 4.55. The molecule has 0 aliphatic carbocycles. The largest absolute Gasteiger partial charge is 0.516 e. The first kappa shape index (κ1) is 39.8. The van der Waals surface area contributed by atoms with Gasteiger partial charge in [0, 0.05) is 20.6 Å². The lowest BCUT2D eigenvalue weighted by molar-refractivity contribution is -0.134. The molecule has 0 rings (SSSR count). The Bertz CT molecular complexity index is 464. The Morgan fingerprint density at radius 3 is 1.45 bits per heavy atom. The number of carbonyl (C=O) groups is 2. The lowest BCUT2D eigenvalue weighted by Crippen LogP contribution is -2.12. The van der Waals surface area contributed by atoms with Crippen LogP contribution in [0.4, 0.5) is 0 Å². The van der Waals surface area contributed by atoms with Crippen LogP contribution in [0, 0.1) is 0 Å². The SMILES string of the molecule is CCCCCCCCCC[Si]OC(=O)CCCCCCCCCCCCCCCCC(OC)OC.O=CS. The van der Waals surface area contributed by atoms with Crippen molar-refractivity contribution in [3.05, 3.63) is 0 Å². The molecule has 0 aliphatic heterocycles. The molecule has 38 heavy (non-hydrogen) atoms. The number of ether oxygens (including phenoxy) is 2. The van der Waals surface area contributed by atoms with Gasteiger partial charge in [-0.2, -0.15) is 0 Å². The molecule has 0 aromatic heterocycles. The zero-order valence-electron chi connectivity index (χ0n) is 25.3. The third-order valence-corrected chi connectivity index (χ3v) is 7.84. The molecule has 0 aliphatic rings. The molecule has 0 atom stereocenters. The zero-order valence-corrected chi connectivity index (χ0v) is 27.2. The summed E-state index contributed by atoms with van der Waals surface area (Å²) in [6.45, 7) is 2.26. The average Bonchev–Trinajstić information content (AvgIpc) is 2.92. The minimum Gasteiger partial charge on any atom is -0.516 e. The number of methoxy groups -OCH3 is 2. The molecular weight excluding hydrogens is 512 g/mol. The predicted octanol–water partition coefficient (Wildman–Crippen LogP) is 9.67. The van der Waals surface area contributed by atoms with Crippen LogP contribution in [0.5, 0.6) is 0 Å². The van der Waals surface area contributed by atoms with E-state index in [-0.39, 0.29) is 12.3 Å². The van der Waals surface area contributed by atoms with Gasteiger partial charge in [0.2, 0.25) is 0 Å². The van der Waals surface area contributed by atoms with Crippen LogP contribution < -0.4 is 0 Å². The molecule has 0 bridgehead atoms. The Labute approximate surface area is 244 Å². The summed E-state index contributed by atoms with van der Waals surface area (Å²) in [4.78, 5) is 20.5. The predicted molar refractivity (Wildman–Crippen MR) is 167 cm³/mol. The van der Waals surface area contributed by atoms with Crippen LogP contribution in [-0.2, 0) is 23.5 Å². The van der Waals surface area contributed by atoms with E-state index in [4.69, 9.17) is 18.7 Å². The molecule has 0 unspecified atom stereocenters. The van der Waals surface area contributed by atoms with Gasteiger partial charge >= 0.3 is 9.76 Å². The molecule has 0 aromatic carbocycles. The van der Waals surface area contributed by atoms with Crippen molar-refractivity contribution in [2.24, 2.45) is 0 Å². The normalized spacial score (nSPS) is 10.9. The van der Waals surface area contributed by atoms with Gasteiger partial charge in [-0.1, -0.05) is 135 Å². The highest BCUT2D eigenvalue weighted by molar-refractivity contribution is 7.94.